The molecule has 0 unspecified atom stereocenters. The molecule has 0 fully saturated rings. The van der Waals surface area contributed by atoms with E-state index in [0.717, 1.165) is 36.3 Å². The highest BCUT2D eigenvalue weighted by atomic mass is 32.1. The van der Waals surface area contributed by atoms with Crippen LogP contribution in [0.3, 0.4) is 0 Å². The first-order chi connectivity index (χ1) is 7.90. The Morgan fingerprint density at radius 3 is 3.25 bits per heavy atom. The summed E-state index contributed by atoms with van der Waals surface area (Å²) in [6.07, 6.45) is 8.94. The molecule has 0 bridgehead atoms. The summed E-state index contributed by atoms with van der Waals surface area (Å²) >= 11 is 1.50. The molecule has 0 radical (unpaired) electrons. The van der Waals surface area contributed by atoms with Gasteiger partial charge in [-0.25, -0.2) is 4.98 Å². The molecule has 1 aromatic heterocycles. The number of allylic oxidation sites excluding steroid dienone is 3. The van der Waals surface area contributed by atoms with Gasteiger partial charge in [-0.2, -0.15) is 0 Å². The molecular formula is C12H13NO2S. The second kappa shape index (κ2) is 5.72. The minimum atomic E-state index is 0.505. The fourth-order valence-corrected chi connectivity index (χ4v) is 2.26. The first kappa shape index (κ1) is 11.2. The molecule has 0 atom stereocenters. The smallest absolute Gasteiger partial charge is 0.169 e. The lowest BCUT2D eigenvalue weighted by atomic mass is 10.2. The average molecular weight is 235 g/mol. The topological polar surface area (TPSA) is 39.2 Å². The average Bonchev–Trinajstić information content (AvgIpc) is 2.81. The van der Waals surface area contributed by atoms with E-state index in [9.17, 15) is 4.79 Å². The van der Waals surface area contributed by atoms with Gasteiger partial charge in [0.15, 0.2) is 6.29 Å². The zero-order chi connectivity index (χ0) is 11.2. The van der Waals surface area contributed by atoms with Crippen LogP contribution in [0.1, 0.15) is 28.3 Å². The molecule has 2 rings (SSSR count). The number of rotatable bonds is 2. The molecule has 0 amide bonds. The Morgan fingerprint density at radius 1 is 1.50 bits per heavy atom. The Hall–Kier alpha value is -1.26. The molecule has 0 N–H and O–H groups in total. The normalized spacial score (nSPS) is 22.4. The van der Waals surface area contributed by atoms with Gasteiger partial charge in [-0.05, 0) is 12.8 Å². The van der Waals surface area contributed by atoms with E-state index in [4.69, 9.17) is 4.74 Å². The van der Waals surface area contributed by atoms with Crippen LogP contribution in [0, 0.1) is 0 Å². The molecule has 0 saturated carbocycles. The molecule has 2 heterocycles. The summed E-state index contributed by atoms with van der Waals surface area (Å²) in [5.74, 6) is 0. The molecule has 84 valence electrons. The quantitative estimate of drug-likeness (QED) is 0.740. The fraction of sp³-hybridized carbons (Fsp3) is 0.333. The van der Waals surface area contributed by atoms with Gasteiger partial charge < -0.3 is 4.74 Å². The number of carbonyl (C=O) groups is 1. The molecule has 0 aliphatic carbocycles. The number of nitrogens with zero attached hydrogens (tertiary/aromatic N) is 1. The lowest BCUT2D eigenvalue weighted by molar-refractivity contribution is 0.111. The summed E-state index contributed by atoms with van der Waals surface area (Å²) in [7, 11) is 0. The standard InChI is InChI=1S/C12H13NO2S/c14-8-11-9-16-12(13-11)10-4-1-2-6-15-7-3-5-10/h3-5,8-9H,1-2,6-7H2/b5-3-,10-4+. The highest BCUT2D eigenvalue weighted by molar-refractivity contribution is 7.11. The first-order valence-corrected chi connectivity index (χ1v) is 6.13. The second-order valence-electron chi connectivity index (χ2n) is 3.47. The third-order valence-electron chi connectivity index (χ3n) is 2.26. The maximum atomic E-state index is 10.6. The zero-order valence-corrected chi connectivity index (χ0v) is 9.70. The van der Waals surface area contributed by atoms with Crippen molar-refractivity contribution >= 4 is 23.2 Å². The number of thiazole rings is 1. The molecular weight excluding hydrogens is 222 g/mol. The highest BCUT2D eigenvalue weighted by Gasteiger charge is 2.05. The Kier molecular flexibility index (Phi) is 4.02. The van der Waals surface area contributed by atoms with Crippen molar-refractivity contribution < 1.29 is 9.53 Å². The molecule has 0 saturated heterocycles. The number of ether oxygens (including phenoxy) is 1. The summed E-state index contributed by atoms with van der Waals surface area (Å²) in [5.41, 5.74) is 1.59. The summed E-state index contributed by atoms with van der Waals surface area (Å²) in [6, 6.07) is 0. The van der Waals surface area contributed by atoms with Gasteiger partial charge in [0.1, 0.15) is 10.7 Å². The van der Waals surface area contributed by atoms with Crippen molar-refractivity contribution in [3.63, 3.8) is 0 Å². The minimum Gasteiger partial charge on any atom is -0.377 e. The van der Waals surface area contributed by atoms with Crippen molar-refractivity contribution in [2.24, 2.45) is 0 Å². The van der Waals surface area contributed by atoms with E-state index >= 15 is 0 Å². The van der Waals surface area contributed by atoms with Crippen LogP contribution in [0.15, 0.2) is 23.6 Å². The Bertz CT molecular complexity index is 420. The number of aromatic nitrogens is 1. The third-order valence-corrected chi connectivity index (χ3v) is 3.17. The van der Waals surface area contributed by atoms with Gasteiger partial charge in [0.2, 0.25) is 0 Å². The van der Waals surface area contributed by atoms with Crippen molar-refractivity contribution in [2.75, 3.05) is 13.2 Å². The van der Waals surface area contributed by atoms with Gasteiger partial charge in [0, 0.05) is 17.6 Å². The molecule has 0 spiro atoms. The monoisotopic (exact) mass is 235 g/mol. The summed E-state index contributed by atoms with van der Waals surface area (Å²) in [6.45, 7) is 1.44. The van der Waals surface area contributed by atoms with E-state index in [1.54, 1.807) is 5.38 Å². The molecule has 0 aromatic carbocycles. The van der Waals surface area contributed by atoms with Crippen LogP contribution >= 0.6 is 11.3 Å². The van der Waals surface area contributed by atoms with Gasteiger partial charge in [-0.15, -0.1) is 11.3 Å². The summed E-state index contributed by atoms with van der Waals surface area (Å²) in [5, 5.41) is 2.68. The first-order valence-electron chi connectivity index (χ1n) is 5.25. The molecule has 1 aromatic rings. The van der Waals surface area contributed by atoms with Gasteiger partial charge in [-0.3, -0.25) is 4.79 Å². The van der Waals surface area contributed by atoms with Gasteiger partial charge in [-0.1, -0.05) is 18.2 Å². The largest absolute Gasteiger partial charge is 0.377 e. The lowest BCUT2D eigenvalue weighted by Gasteiger charge is -1.96. The number of carbonyl (C=O) groups excluding carboxylic acids is 1. The van der Waals surface area contributed by atoms with E-state index < -0.39 is 0 Å². The van der Waals surface area contributed by atoms with Gasteiger partial charge in [0.05, 0.1) is 6.61 Å². The predicted molar refractivity (Wildman–Crippen MR) is 64.7 cm³/mol. The van der Waals surface area contributed by atoms with Crippen LogP contribution < -0.4 is 0 Å². The van der Waals surface area contributed by atoms with Crippen LogP contribution in [0.4, 0.5) is 0 Å². The van der Waals surface area contributed by atoms with Crippen molar-refractivity contribution in [1.82, 2.24) is 4.98 Å². The molecule has 16 heavy (non-hydrogen) atoms. The molecule has 1 aliphatic heterocycles. The Morgan fingerprint density at radius 2 is 2.44 bits per heavy atom. The Labute approximate surface area is 98.5 Å². The van der Waals surface area contributed by atoms with Crippen LogP contribution in [0.25, 0.3) is 5.57 Å². The predicted octanol–water partition coefficient (Wildman–Crippen LogP) is 2.71. The Balaban J connectivity index is 2.21. The van der Waals surface area contributed by atoms with E-state index in [1.807, 2.05) is 12.2 Å². The van der Waals surface area contributed by atoms with Crippen molar-refractivity contribution in [1.29, 1.82) is 0 Å². The SMILES string of the molecule is O=Cc1csc(C2=C/CCCOC/C=C\2)n1. The minimum absolute atomic E-state index is 0.505. The van der Waals surface area contributed by atoms with Crippen LogP contribution in [0.2, 0.25) is 0 Å². The van der Waals surface area contributed by atoms with Crippen LogP contribution in [-0.4, -0.2) is 24.5 Å². The maximum Gasteiger partial charge on any atom is 0.169 e. The lowest BCUT2D eigenvalue weighted by Crippen LogP contribution is -1.91. The van der Waals surface area contributed by atoms with E-state index in [0.29, 0.717) is 12.3 Å². The fourth-order valence-electron chi connectivity index (χ4n) is 1.47. The highest BCUT2D eigenvalue weighted by Crippen LogP contribution is 2.21. The van der Waals surface area contributed by atoms with Gasteiger partial charge in [0.25, 0.3) is 0 Å². The number of hydrogen-bond acceptors (Lipinski definition) is 4. The van der Waals surface area contributed by atoms with Crippen LogP contribution in [-0.2, 0) is 4.74 Å². The van der Waals surface area contributed by atoms with Crippen molar-refractivity contribution in [3.05, 3.63) is 34.3 Å². The second-order valence-corrected chi connectivity index (χ2v) is 4.33. The van der Waals surface area contributed by atoms with Crippen molar-refractivity contribution in [2.45, 2.75) is 12.8 Å². The third kappa shape index (κ3) is 2.87. The van der Waals surface area contributed by atoms with Crippen molar-refractivity contribution in [3.8, 4) is 0 Å². The van der Waals surface area contributed by atoms with E-state index in [-0.39, 0.29) is 0 Å². The maximum absolute atomic E-state index is 10.6. The van der Waals surface area contributed by atoms with Gasteiger partial charge >= 0.3 is 0 Å². The molecule has 4 heteroatoms. The zero-order valence-electron chi connectivity index (χ0n) is 8.89. The number of aldehydes is 1. The van der Waals surface area contributed by atoms with E-state index in [1.165, 1.54) is 11.3 Å². The summed E-state index contributed by atoms with van der Waals surface area (Å²) in [4.78, 5) is 14.8. The summed E-state index contributed by atoms with van der Waals surface area (Å²) < 4.78 is 5.37. The van der Waals surface area contributed by atoms with Crippen LogP contribution in [0.5, 0.6) is 0 Å². The molecule has 3 nitrogen and oxygen atoms in total. The van der Waals surface area contributed by atoms with E-state index in [2.05, 4.69) is 11.1 Å². The molecule has 1 aliphatic rings. The number of hydrogen-bond donors (Lipinski definition) is 0.